The van der Waals surface area contributed by atoms with Gasteiger partial charge in [-0.3, -0.25) is 14.5 Å². The molecule has 1 saturated heterocycles. The lowest BCUT2D eigenvalue weighted by Crippen LogP contribution is -2.52. The van der Waals surface area contributed by atoms with Crippen molar-refractivity contribution in [3.63, 3.8) is 0 Å². The van der Waals surface area contributed by atoms with E-state index in [0.717, 1.165) is 4.90 Å². The van der Waals surface area contributed by atoms with E-state index in [2.05, 4.69) is 5.32 Å². The minimum Gasteiger partial charge on any atom is -0.394 e. The zero-order chi connectivity index (χ0) is 15.3. The summed E-state index contributed by atoms with van der Waals surface area (Å²) in [6.07, 6.45) is -3.40. The van der Waals surface area contributed by atoms with Crippen molar-refractivity contribution in [1.82, 2.24) is 10.2 Å². The molecule has 4 N–H and O–H groups in total. The quantitative estimate of drug-likeness (QED) is 0.620. The molecule has 2 atom stereocenters. The van der Waals surface area contributed by atoms with Crippen molar-refractivity contribution in [2.45, 2.75) is 25.1 Å². The number of carbonyl (C=O) groups excluding carboxylic acids is 2. The van der Waals surface area contributed by atoms with E-state index in [0.29, 0.717) is 12.8 Å². The Balaban J connectivity index is 2.54. The number of nitrogens with one attached hydrogen (secondary N) is 1. The minimum atomic E-state index is -4.31. The van der Waals surface area contributed by atoms with Gasteiger partial charge in [-0.15, -0.1) is 0 Å². The Morgan fingerprint density at radius 3 is 2.60 bits per heavy atom. The number of carbonyl (C=O) groups is 2. The summed E-state index contributed by atoms with van der Waals surface area (Å²) in [6, 6.07) is -1.21. The maximum absolute atomic E-state index is 12.3. The number of hydrogen-bond donors (Lipinski definition) is 3. The predicted molar refractivity (Wildman–Crippen MR) is 63.4 cm³/mol. The van der Waals surface area contributed by atoms with Crippen LogP contribution in [0.2, 0.25) is 0 Å². The molecule has 0 bridgehead atoms. The topological polar surface area (TPSA) is 95.7 Å². The van der Waals surface area contributed by atoms with Gasteiger partial charge in [-0.05, 0) is 19.4 Å². The lowest BCUT2D eigenvalue weighted by molar-refractivity contribution is -0.152. The van der Waals surface area contributed by atoms with Crippen LogP contribution in [0.1, 0.15) is 12.8 Å². The number of nitrogens with two attached hydrogens (primary N) is 1. The van der Waals surface area contributed by atoms with Gasteiger partial charge in [0.05, 0.1) is 19.1 Å². The second-order valence-electron chi connectivity index (χ2n) is 4.84. The fourth-order valence-electron chi connectivity index (χ4n) is 2.16. The standard InChI is InChI=1S/C11H18F3N3O3/c12-11(13,14)6-17-3-1-2-7(4-17)10(20)16-8(5-18)9(15)19/h7-8,18H,1-6H2,(H2,15,19)(H,16,20)/t7?,8-/m0/s1. The smallest absolute Gasteiger partial charge is 0.394 e. The summed E-state index contributed by atoms with van der Waals surface area (Å²) in [7, 11) is 0. The summed E-state index contributed by atoms with van der Waals surface area (Å²) in [4.78, 5) is 23.9. The number of rotatable bonds is 5. The van der Waals surface area contributed by atoms with Gasteiger partial charge in [0.15, 0.2) is 0 Å². The summed E-state index contributed by atoms with van der Waals surface area (Å²) in [6.45, 7) is -1.44. The van der Waals surface area contributed by atoms with E-state index in [9.17, 15) is 22.8 Å². The predicted octanol–water partition coefficient (Wildman–Crippen LogP) is -0.777. The molecule has 0 saturated carbocycles. The molecular formula is C11H18F3N3O3. The van der Waals surface area contributed by atoms with Crippen molar-refractivity contribution in [1.29, 1.82) is 0 Å². The van der Waals surface area contributed by atoms with Gasteiger partial charge in [0.25, 0.3) is 0 Å². The molecule has 0 aromatic rings. The fourth-order valence-corrected chi connectivity index (χ4v) is 2.16. The Morgan fingerprint density at radius 1 is 1.45 bits per heavy atom. The Hall–Kier alpha value is -1.35. The molecule has 9 heteroatoms. The molecule has 1 fully saturated rings. The summed E-state index contributed by atoms with van der Waals surface area (Å²) < 4.78 is 36.9. The fraction of sp³-hybridized carbons (Fsp3) is 0.818. The van der Waals surface area contributed by atoms with Crippen LogP contribution in [0.15, 0.2) is 0 Å². The maximum Gasteiger partial charge on any atom is 0.401 e. The van der Waals surface area contributed by atoms with Gasteiger partial charge < -0.3 is 16.2 Å². The first-order valence-corrected chi connectivity index (χ1v) is 6.22. The van der Waals surface area contributed by atoms with Crippen molar-refractivity contribution in [3.8, 4) is 0 Å². The van der Waals surface area contributed by atoms with E-state index in [4.69, 9.17) is 10.8 Å². The van der Waals surface area contributed by atoms with Gasteiger partial charge in [-0.1, -0.05) is 0 Å². The number of likely N-dealkylation sites (tertiary alicyclic amines) is 1. The number of primary amides is 1. The first kappa shape index (κ1) is 16.7. The number of halogens is 3. The molecule has 2 amide bonds. The summed E-state index contributed by atoms with van der Waals surface area (Å²) >= 11 is 0. The highest BCUT2D eigenvalue weighted by atomic mass is 19.4. The van der Waals surface area contributed by atoms with Crippen molar-refractivity contribution in [2.24, 2.45) is 11.7 Å². The molecule has 0 aromatic carbocycles. The van der Waals surface area contributed by atoms with Crippen LogP contribution in [-0.4, -0.2) is 60.3 Å². The molecule has 116 valence electrons. The van der Waals surface area contributed by atoms with Crippen molar-refractivity contribution >= 4 is 11.8 Å². The zero-order valence-corrected chi connectivity index (χ0v) is 10.8. The van der Waals surface area contributed by atoms with E-state index in [1.165, 1.54) is 0 Å². The second kappa shape index (κ2) is 6.89. The normalized spacial score (nSPS) is 22.3. The molecule has 1 rings (SSSR count). The van der Waals surface area contributed by atoms with Crippen LogP contribution in [-0.2, 0) is 9.59 Å². The second-order valence-corrected chi connectivity index (χ2v) is 4.84. The first-order chi connectivity index (χ1) is 9.23. The zero-order valence-electron chi connectivity index (χ0n) is 10.8. The number of piperidine rings is 1. The monoisotopic (exact) mass is 297 g/mol. The summed E-state index contributed by atoms with van der Waals surface area (Å²) in [5, 5.41) is 11.1. The Bertz CT molecular complexity index is 363. The van der Waals surface area contributed by atoms with E-state index in [-0.39, 0.29) is 13.1 Å². The molecule has 6 nitrogen and oxygen atoms in total. The Kier molecular flexibility index (Phi) is 5.75. The van der Waals surface area contributed by atoms with E-state index < -0.39 is 43.1 Å². The van der Waals surface area contributed by atoms with E-state index in [1.807, 2.05) is 0 Å². The lowest BCUT2D eigenvalue weighted by Gasteiger charge is -2.32. The van der Waals surface area contributed by atoms with Crippen molar-refractivity contribution in [3.05, 3.63) is 0 Å². The molecule has 1 unspecified atom stereocenters. The van der Waals surface area contributed by atoms with Crippen LogP contribution >= 0.6 is 0 Å². The highest BCUT2D eigenvalue weighted by Crippen LogP contribution is 2.22. The van der Waals surface area contributed by atoms with Gasteiger partial charge in [0, 0.05) is 6.54 Å². The highest BCUT2D eigenvalue weighted by Gasteiger charge is 2.35. The van der Waals surface area contributed by atoms with Crippen LogP contribution in [0.5, 0.6) is 0 Å². The number of amides is 2. The largest absolute Gasteiger partial charge is 0.401 e. The van der Waals surface area contributed by atoms with E-state index in [1.54, 1.807) is 0 Å². The van der Waals surface area contributed by atoms with Gasteiger partial charge in [0.1, 0.15) is 6.04 Å². The van der Waals surface area contributed by atoms with Crippen LogP contribution in [0.3, 0.4) is 0 Å². The summed E-state index contributed by atoms with van der Waals surface area (Å²) in [5.74, 6) is -2.09. The SMILES string of the molecule is NC(=O)[C@H](CO)NC(=O)C1CCCN(CC(F)(F)F)C1. The summed E-state index contributed by atoms with van der Waals surface area (Å²) in [5.41, 5.74) is 4.96. The van der Waals surface area contributed by atoms with Crippen molar-refractivity contribution in [2.75, 3.05) is 26.2 Å². The average Bonchev–Trinajstić information content (AvgIpc) is 2.33. The Labute approximate surface area is 114 Å². The number of aliphatic hydroxyl groups excluding tert-OH is 1. The molecule has 0 aromatic heterocycles. The van der Waals surface area contributed by atoms with Gasteiger partial charge in [-0.25, -0.2) is 0 Å². The molecule has 1 aliphatic heterocycles. The number of alkyl halides is 3. The molecule has 20 heavy (non-hydrogen) atoms. The molecule has 1 aliphatic rings. The van der Waals surface area contributed by atoms with Crippen molar-refractivity contribution < 1.29 is 27.9 Å². The van der Waals surface area contributed by atoms with Crippen LogP contribution in [0, 0.1) is 5.92 Å². The highest BCUT2D eigenvalue weighted by molar-refractivity contribution is 5.87. The third kappa shape index (κ3) is 5.33. The van der Waals surface area contributed by atoms with Gasteiger partial charge in [-0.2, -0.15) is 13.2 Å². The third-order valence-corrected chi connectivity index (χ3v) is 3.12. The molecule has 0 spiro atoms. The van der Waals surface area contributed by atoms with Crippen LogP contribution < -0.4 is 11.1 Å². The van der Waals surface area contributed by atoms with Gasteiger partial charge >= 0.3 is 6.18 Å². The van der Waals surface area contributed by atoms with Crippen LogP contribution in [0.4, 0.5) is 13.2 Å². The number of aliphatic hydroxyl groups is 1. The molecule has 0 radical (unpaired) electrons. The molecule has 1 heterocycles. The van der Waals surface area contributed by atoms with E-state index >= 15 is 0 Å². The molecule has 0 aliphatic carbocycles. The third-order valence-electron chi connectivity index (χ3n) is 3.12. The van der Waals surface area contributed by atoms with Gasteiger partial charge in [0.2, 0.25) is 11.8 Å². The molecular weight excluding hydrogens is 279 g/mol. The number of hydrogen-bond acceptors (Lipinski definition) is 4. The first-order valence-electron chi connectivity index (χ1n) is 6.22. The maximum atomic E-state index is 12.3. The van der Waals surface area contributed by atoms with Crippen LogP contribution in [0.25, 0.3) is 0 Å². The minimum absolute atomic E-state index is 0.0255. The lowest BCUT2D eigenvalue weighted by atomic mass is 9.96. The Morgan fingerprint density at radius 2 is 2.10 bits per heavy atom. The average molecular weight is 297 g/mol. The number of nitrogens with zero attached hydrogens (tertiary/aromatic N) is 1.